The van der Waals surface area contributed by atoms with E-state index >= 15 is 0 Å². The Hall–Kier alpha value is -2.24. The fourth-order valence-electron chi connectivity index (χ4n) is 3.70. The van der Waals surface area contributed by atoms with E-state index in [-0.39, 0.29) is 31.0 Å². The molecule has 0 saturated heterocycles. The number of carbonyl (C=O) groups excluding carboxylic acids is 2. The van der Waals surface area contributed by atoms with Crippen LogP contribution in [0.15, 0.2) is 42.5 Å². The minimum atomic E-state index is -0.626. The van der Waals surface area contributed by atoms with Crippen LogP contribution in [-0.4, -0.2) is 35.4 Å². The highest BCUT2D eigenvalue weighted by Crippen LogP contribution is 2.22. The number of nitrogens with one attached hydrogen (secondary N) is 1. The Morgan fingerprint density at radius 3 is 2.45 bits per heavy atom. The average Bonchev–Trinajstić information content (AvgIpc) is 3.26. The van der Waals surface area contributed by atoms with Crippen LogP contribution in [-0.2, 0) is 16.1 Å². The SMILES string of the molecule is Cc1cc(OCC(=O)N(Cc2ccc(Cl)cc2)C(C)C(=O)NC2CCCC2)ccc1Cl. The predicted molar refractivity (Wildman–Crippen MR) is 124 cm³/mol. The van der Waals surface area contributed by atoms with Crippen molar-refractivity contribution in [1.29, 1.82) is 0 Å². The number of hydrogen-bond donors (Lipinski definition) is 1. The maximum Gasteiger partial charge on any atom is 0.261 e. The monoisotopic (exact) mass is 462 g/mol. The first-order chi connectivity index (χ1) is 14.8. The molecule has 2 amide bonds. The number of halogens is 2. The van der Waals surface area contributed by atoms with E-state index in [2.05, 4.69) is 5.32 Å². The molecule has 1 aliphatic carbocycles. The van der Waals surface area contributed by atoms with Gasteiger partial charge in [-0.05, 0) is 68.1 Å². The summed E-state index contributed by atoms with van der Waals surface area (Å²) in [6.07, 6.45) is 4.23. The number of benzene rings is 2. The molecule has 5 nitrogen and oxygen atoms in total. The van der Waals surface area contributed by atoms with Gasteiger partial charge in [0.1, 0.15) is 11.8 Å². The summed E-state index contributed by atoms with van der Waals surface area (Å²) in [6, 6.07) is 12.1. The summed E-state index contributed by atoms with van der Waals surface area (Å²) >= 11 is 12.0. The molecule has 3 rings (SSSR count). The molecular weight excluding hydrogens is 435 g/mol. The summed E-state index contributed by atoms with van der Waals surface area (Å²) < 4.78 is 5.70. The van der Waals surface area contributed by atoms with Crippen LogP contribution in [0, 0.1) is 6.92 Å². The molecule has 0 aromatic heterocycles. The molecule has 0 heterocycles. The van der Waals surface area contributed by atoms with Crippen molar-refractivity contribution in [2.75, 3.05) is 6.61 Å². The predicted octanol–water partition coefficient (Wildman–Crippen LogP) is 5.16. The zero-order chi connectivity index (χ0) is 22.4. The molecule has 1 fully saturated rings. The van der Waals surface area contributed by atoms with Crippen LogP contribution < -0.4 is 10.1 Å². The van der Waals surface area contributed by atoms with Crippen molar-refractivity contribution in [2.24, 2.45) is 0 Å². The maximum atomic E-state index is 13.1. The van der Waals surface area contributed by atoms with Crippen molar-refractivity contribution in [3.05, 3.63) is 63.6 Å². The third kappa shape index (κ3) is 6.62. The second-order valence-electron chi connectivity index (χ2n) is 8.01. The van der Waals surface area contributed by atoms with Gasteiger partial charge in [0.05, 0.1) is 0 Å². The number of nitrogens with zero attached hydrogens (tertiary/aromatic N) is 1. The first-order valence-electron chi connectivity index (χ1n) is 10.6. The van der Waals surface area contributed by atoms with E-state index in [1.807, 2.05) is 19.1 Å². The molecule has 0 radical (unpaired) electrons. The van der Waals surface area contributed by atoms with Gasteiger partial charge in [0.15, 0.2) is 6.61 Å². The van der Waals surface area contributed by atoms with Gasteiger partial charge in [-0.15, -0.1) is 0 Å². The van der Waals surface area contributed by atoms with Crippen molar-refractivity contribution in [2.45, 2.75) is 58.2 Å². The van der Waals surface area contributed by atoms with Gasteiger partial charge in [-0.3, -0.25) is 9.59 Å². The van der Waals surface area contributed by atoms with Crippen molar-refractivity contribution in [3.8, 4) is 5.75 Å². The summed E-state index contributed by atoms with van der Waals surface area (Å²) in [7, 11) is 0. The Kier molecular flexibility index (Phi) is 8.22. The first-order valence-corrected chi connectivity index (χ1v) is 11.3. The number of ether oxygens (including phenoxy) is 1. The smallest absolute Gasteiger partial charge is 0.261 e. The van der Waals surface area contributed by atoms with E-state index in [0.29, 0.717) is 15.8 Å². The van der Waals surface area contributed by atoms with E-state index in [4.69, 9.17) is 27.9 Å². The summed E-state index contributed by atoms with van der Waals surface area (Å²) in [5.74, 6) is 0.151. The topological polar surface area (TPSA) is 58.6 Å². The van der Waals surface area contributed by atoms with Crippen molar-refractivity contribution in [3.63, 3.8) is 0 Å². The molecule has 2 aromatic carbocycles. The standard InChI is InChI=1S/C24H28Cl2N2O3/c1-16-13-21(11-12-22(16)26)31-15-23(29)28(14-18-7-9-19(25)10-8-18)17(2)24(30)27-20-5-3-4-6-20/h7-13,17,20H,3-6,14-15H2,1-2H3,(H,27,30). The molecule has 0 spiro atoms. The van der Waals surface area contributed by atoms with Crippen LogP contribution in [0.1, 0.15) is 43.7 Å². The maximum absolute atomic E-state index is 13.1. The van der Waals surface area contributed by atoms with Crippen molar-refractivity contribution >= 4 is 35.0 Å². The molecular formula is C24H28Cl2N2O3. The molecule has 1 atom stereocenters. The van der Waals surface area contributed by atoms with Crippen LogP contribution in [0.3, 0.4) is 0 Å². The van der Waals surface area contributed by atoms with Gasteiger partial charge in [-0.1, -0.05) is 48.2 Å². The number of hydrogen-bond acceptors (Lipinski definition) is 3. The minimum Gasteiger partial charge on any atom is -0.484 e. The average molecular weight is 463 g/mol. The molecule has 1 aliphatic rings. The van der Waals surface area contributed by atoms with Crippen LogP contribution >= 0.6 is 23.2 Å². The van der Waals surface area contributed by atoms with Crippen molar-refractivity contribution in [1.82, 2.24) is 10.2 Å². The van der Waals surface area contributed by atoms with Gasteiger partial charge < -0.3 is 15.0 Å². The highest BCUT2D eigenvalue weighted by Gasteiger charge is 2.28. The normalized spacial score (nSPS) is 14.8. The Morgan fingerprint density at radius 2 is 1.81 bits per heavy atom. The van der Waals surface area contributed by atoms with E-state index in [9.17, 15) is 9.59 Å². The second kappa shape index (κ2) is 10.9. The van der Waals surface area contributed by atoms with Gasteiger partial charge >= 0.3 is 0 Å². The van der Waals surface area contributed by atoms with Gasteiger partial charge in [-0.2, -0.15) is 0 Å². The van der Waals surface area contributed by atoms with Crippen LogP contribution in [0.4, 0.5) is 0 Å². The summed E-state index contributed by atoms with van der Waals surface area (Å²) in [5.41, 5.74) is 1.76. The Labute approximate surface area is 193 Å². The summed E-state index contributed by atoms with van der Waals surface area (Å²) in [6.45, 7) is 3.75. The van der Waals surface area contributed by atoms with Crippen LogP contribution in [0.2, 0.25) is 10.0 Å². The lowest BCUT2D eigenvalue weighted by Crippen LogP contribution is -2.50. The quantitative estimate of drug-likeness (QED) is 0.589. The summed E-state index contributed by atoms with van der Waals surface area (Å²) in [4.78, 5) is 27.5. The summed E-state index contributed by atoms with van der Waals surface area (Å²) in [5, 5.41) is 4.35. The molecule has 0 bridgehead atoms. The van der Waals surface area contributed by atoms with Gasteiger partial charge in [0, 0.05) is 22.6 Å². The zero-order valence-corrected chi connectivity index (χ0v) is 19.4. The minimum absolute atomic E-state index is 0.142. The van der Waals surface area contributed by atoms with Crippen LogP contribution in [0.25, 0.3) is 0 Å². The molecule has 1 unspecified atom stereocenters. The lowest BCUT2D eigenvalue weighted by molar-refractivity contribution is -0.142. The number of rotatable bonds is 8. The number of amides is 2. The molecule has 1 N–H and O–H groups in total. The van der Waals surface area contributed by atoms with Crippen molar-refractivity contribution < 1.29 is 14.3 Å². The molecule has 166 valence electrons. The van der Waals surface area contributed by atoms with Gasteiger partial charge in [0.2, 0.25) is 5.91 Å². The first kappa shape index (κ1) is 23.4. The number of carbonyl (C=O) groups is 2. The fraction of sp³-hybridized carbons (Fsp3) is 0.417. The third-order valence-electron chi connectivity index (χ3n) is 5.63. The van der Waals surface area contributed by atoms with E-state index < -0.39 is 6.04 Å². The molecule has 0 aliphatic heterocycles. The Bertz CT molecular complexity index is 912. The van der Waals surface area contributed by atoms with Crippen LogP contribution in [0.5, 0.6) is 5.75 Å². The van der Waals surface area contributed by atoms with Gasteiger partial charge in [0.25, 0.3) is 5.91 Å². The number of aryl methyl sites for hydroxylation is 1. The van der Waals surface area contributed by atoms with E-state index in [0.717, 1.165) is 36.8 Å². The van der Waals surface area contributed by atoms with Gasteiger partial charge in [-0.25, -0.2) is 0 Å². The fourth-order valence-corrected chi connectivity index (χ4v) is 3.94. The molecule has 1 saturated carbocycles. The van der Waals surface area contributed by atoms with E-state index in [1.165, 1.54) is 0 Å². The molecule has 7 heteroatoms. The zero-order valence-electron chi connectivity index (χ0n) is 17.9. The second-order valence-corrected chi connectivity index (χ2v) is 8.86. The highest BCUT2D eigenvalue weighted by atomic mass is 35.5. The third-order valence-corrected chi connectivity index (χ3v) is 6.30. The Morgan fingerprint density at radius 1 is 1.13 bits per heavy atom. The lowest BCUT2D eigenvalue weighted by Gasteiger charge is -2.29. The Balaban J connectivity index is 1.71. The lowest BCUT2D eigenvalue weighted by atomic mass is 10.1. The molecule has 2 aromatic rings. The molecule has 31 heavy (non-hydrogen) atoms. The highest BCUT2D eigenvalue weighted by molar-refractivity contribution is 6.31. The van der Waals surface area contributed by atoms with E-state index in [1.54, 1.807) is 42.2 Å². The largest absolute Gasteiger partial charge is 0.484 e.